The maximum Gasteiger partial charge on any atom is 0.416 e. The van der Waals surface area contributed by atoms with E-state index in [4.69, 9.17) is 0 Å². The molecule has 0 spiro atoms. The van der Waals surface area contributed by atoms with Crippen molar-refractivity contribution in [1.82, 2.24) is 13.7 Å². The van der Waals surface area contributed by atoms with Gasteiger partial charge in [-0.15, -0.1) is 0 Å². The molecule has 49 heavy (non-hydrogen) atoms. The number of aryl methyl sites for hydroxylation is 3. The van der Waals surface area contributed by atoms with E-state index < -0.39 is 17.1 Å². The second-order valence-electron chi connectivity index (χ2n) is 13.3. The van der Waals surface area contributed by atoms with Crippen LogP contribution < -0.4 is 30.8 Å². The Morgan fingerprint density at radius 3 is 0.816 bits per heavy atom. The minimum absolute atomic E-state index is 0.276. The smallest absolute Gasteiger partial charge is 0.247 e. The van der Waals surface area contributed by atoms with Gasteiger partial charge in [-0.25, -0.2) is 28.1 Å². The number of aromatic nitrogens is 6. The summed E-state index contributed by atoms with van der Waals surface area (Å²) in [6.07, 6.45) is 11.2. The summed E-state index contributed by atoms with van der Waals surface area (Å²) in [5.41, 5.74) is 7.75. The minimum atomic E-state index is -0.528. The van der Waals surface area contributed by atoms with Gasteiger partial charge in [0.25, 0.3) is 0 Å². The number of benzene rings is 1. The molecule has 0 N–H and O–H groups in total. The topological polar surface area (TPSA) is 77.6 Å². The molecule has 0 radical (unpaired) electrons. The zero-order valence-corrected chi connectivity index (χ0v) is 34.4. The van der Waals surface area contributed by atoms with E-state index in [1.165, 1.54) is 23.1 Å². The van der Waals surface area contributed by atoms with Crippen LogP contribution in [0.4, 0.5) is 0 Å². The van der Waals surface area contributed by atoms with Gasteiger partial charge in [0, 0.05) is 19.6 Å². The lowest BCUT2D eigenvalue weighted by molar-refractivity contribution is -0.939. The van der Waals surface area contributed by atoms with E-state index in [-0.39, 0.29) is 19.6 Å². The summed E-state index contributed by atoms with van der Waals surface area (Å²) in [5.74, 6) is 1.75. The number of hydrogen-bond donors (Lipinski definition) is 0. The third kappa shape index (κ3) is 13.1. The van der Waals surface area contributed by atoms with Gasteiger partial charge in [0.2, 0.25) is 0 Å². The molecule has 0 amide bonds. The minimum Gasteiger partial charge on any atom is -0.247 e. The van der Waals surface area contributed by atoms with Crippen LogP contribution in [-0.4, -0.2) is 13.7 Å². The van der Waals surface area contributed by atoms with Crippen LogP contribution in [0.2, 0.25) is 0 Å². The number of rotatable bonds is 11. The predicted octanol–water partition coefficient (Wildman–Crippen LogP) is 5.83. The van der Waals surface area contributed by atoms with E-state index in [0.29, 0.717) is 0 Å². The van der Waals surface area contributed by atoms with Crippen LogP contribution in [0.5, 0.6) is 0 Å². The van der Waals surface area contributed by atoms with Gasteiger partial charge in [-0.3, -0.25) is 0 Å². The first-order chi connectivity index (χ1) is 23.1. The van der Waals surface area contributed by atoms with Gasteiger partial charge in [-0.05, 0) is 133 Å². The third-order valence-corrected chi connectivity index (χ3v) is 9.04. The molecule has 2 aromatic heterocycles. The molecule has 2 heterocycles. The molecule has 3 rings (SSSR count). The molecule has 3 aromatic rings. The van der Waals surface area contributed by atoms with E-state index in [1.807, 2.05) is 0 Å². The van der Waals surface area contributed by atoms with Crippen molar-refractivity contribution in [2.24, 2.45) is 11.8 Å². The summed E-state index contributed by atoms with van der Waals surface area (Å²) in [4.78, 5) is 35.0. The molecule has 0 unspecified atom stereocenters. The molecule has 0 aliphatic carbocycles. The van der Waals surface area contributed by atoms with E-state index in [1.54, 1.807) is 37.5 Å². The molecule has 9 heteroatoms. The quantitative estimate of drug-likeness (QED) is 0.239. The molecule has 0 saturated heterocycles. The van der Waals surface area contributed by atoms with Gasteiger partial charge < -0.3 is 0 Å². The molecular weight excluding hydrogens is 612 g/mol. The van der Waals surface area contributed by atoms with Crippen molar-refractivity contribution in [2.75, 3.05) is 0 Å². The second kappa shape index (κ2) is 23.1. The van der Waals surface area contributed by atoms with E-state index in [2.05, 4.69) is 123 Å². The van der Waals surface area contributed by atoms with Gasteiger partial charge in [0.15, 0.2) is 19.6 Å². The Kier molecular flexibility index (Phi) is 21.5. The standard InChI is InChI=1S/C15H24.C9H15N3O3.C9H18N3.C7H16/c1-7-13-10(4)14(8-2)12(6)15(9-3)11(13)5;1-4-10-7(13)11(5-2)9(15)12(6-3)8(10)14;1-4-10-7-11(5-2)9-12(6-3)8-10;1-6(2)5-7(3)4/h7-9H2,1-6H3;4-6H2,1-3H3;7-9H,4-6H2,1-3H3;6-7H,5H2,1-4H3/q;;+3;. The molecule has 1 aromatic carbocycles. The van der Waals surface area contributed by atoms with Crippen LogP contribution in [0, 0.1) is 32.6 Å². The van der Waals surface area contributed by atoms with Crippen molar-refractivity contribution in [2.45, 2.75) is 176 Å². The van der Waals surface area contributed by atoms with Crippen LogP contribution in [0.15, 0.2) is 33.4 Å². The average Bonchev–Trinajstić information content (AvgIpc) is 3.06. The Morgan fingerprint density at radius 2 is 0.694 bits per heavy atom. The van der Waals surface area contributed by atoms with Crippen molar-refractivity contribution in [1.29, 1.82) is 0 Å². The zero-order chi connectivity index (χ0) is 38.0. The molecule has 0 bridgehead atoms. The highest BCUT2D eigenvalue weighted by atomic mass is 16.2. The van der Waals surface area contributed by atoms with E-state index >= 15 is 0 Å². The normalized spacial score (nSPS) is 10.7. The second-order valence-corrected chi connectivity index (χ2v) is 13.3. The lowest BCUT2D eigenvalue weighted by Gasteiger charge is -2.20. The average molecular weight is 686 g/mol. The van der Waals surface area contributed by atoms with Crippen LogP contribution in [0.25, 0.3) is 0 Å². The van der Waals surface area contributed by atoms with Crippen LogP contribution in [0.1, 0.15) is 130 Å². The zero-order valence-electron chi connectivity index (χ0n) is 34.4. The summed E-state index contributed by atoms with van der Waals surface area (Å²) in [7, 11) is 0. The van der Waals surface area contributed by atoms with Crippen molar-refractivity contribution in [3.8, 4) is 0 Å². The highest BCUT2D eigenvalue weighted by Gasteiger charge is 2.15. The molecular formula is C40H73N6O3+3. The van der Waals surface area contributed by atoms with Gasteiger partial charge in [-0.1, -0.05) is 62.2 Å². The van der Waals surface area contributed by atoms with Crippen LogP contribution in [-0.2, 0) is 58.5 Å². The largest absolute Gasteiger partial charge is 0.416 e. The number of nitrogens with zero attached hydrogens (tertiary/aromatic N) is 6. The Balaban J connectivity index is 0.000000648. The highest BCUT2D eigenvalue weighted by Crippen LogP contribution is 2.28. The van der Waals surface area contributed by atoms with Crippen LogP contribution >= 0.6 is 0 Å². The molecule has 0 saturated carbocycles. The first-order valence-electron chi connectivity index (χ1n) is 19.0. The van der Waals surface area contributed by atoms with E-state index in [9.17, 15) is 14.4 Å². The molecule has 0 aliphatic heterocycles. The fourth-order valence-corrected chi connectivity index (χ4v) is 6.57. The summed E-state index contributed by atoms with van der Waals surface area (Å²) in [6, 6.07) is 0. The van der Waals surface area contributed by atoms with Gasteiger partial charge in [0.05, 0.1) is 0 Å². The Labute approximate surface area is 298 Å². The summed E-state index contributed by atoms with van der Waals surface area (Å²) in [5, 5.41) is 0. The Morgan fingerprint density at radius 1 is 0.469 bits per heavy atom. The molecule has 0 atom stereocenters. The van der Waals surface area contributed by atoms with Crippen LogP contribution in [0.3, 0.4) is 0 Å². The maximum absolute atomic E-state index is 11.7. The lowest BCUT2D eigenvalue weighted by atomic mass is 9.85. The van der Waals surface area contributed by atoms with Crippen molar-refractivity contribution in [3.05, 3.63) is 83.8 Å². The lowest BCUT2D eigenvalue weighted by Crippen LogP contribution is -2.56. The van der Waals surface area contributed by atoms with Crippen molar-refractivity contribution in [3.63, 3.8) is 0 Å². The SMILES string of the molecule is CC(C)CC(C)C.CC[n+]1c[n+](CC)c[n+](CC)c1.CCc1c(C)c(CC)c(C)c(CC)c1C.CCn1c(=O)n(CC)c(=O)n(CC)c1=O. The predicted molar refractivity (Wildman–Crippen MR) is 203 cm³/mol. The third-order valence-electron chi connectivity index (χ3n) is 9.04. The monoisotopic (exact) mass is 686 g/mol. The molecule has 9 nitrogen and oxygen atoms in total. The molecule has 0 fully saturated rings. The van der Waals surface area contributed by atoms with Crippen molar-refractivity contribution >= 4 is 0 Å². The van der Waals surface area contributed by atoms with Gasteiger partial charge in [-0.2, -0.15) is 0 Å². The Bertz CT molecular complexity index is 1370. The number of hydrogen-bond acceptors (Lipinski definition) is 3. The van der Waals surface area contributed by atoms with Crippen molar-refractivity contribution < 1.29 is 13.7 Å². The summed E-state index contributed by atoms with van der Waals surface area (Å²) < 4.78 is 9.75. The van der Waals surface area contributed by atoms with Gasteiger partial charge in [0.1, 0.15) is 0 Å². The summed E-state index contributed by atoms with van der Waals surface area (Å²) >= 11 is 0. The Hall–Kier alpha value is -3.36. The molecule has 0 aliphatic rings. The fraction of sp³-hybridized carbons (Fsp3) is 0.700. The van der Waals surface area contributed by atoms with Gasteiger partial charge >= 0.3 is 36.1 Å². The first-order valence-corrected chi connectivity index (χ1v) is 19.0. The first kappa shape index (κ1) is 45.6. The van der Waals surface area contributed by atoms with E-state index in [0.717, 1.165) is 64.4 Å². The fourth-order valence-electron chi connectivity index (χ4n) is 6.57. The maximum atomic E-state index is 11.7. The highest BCUT2D eigenvalue weighted by molar-refractivity contribution is 5.50. The summed E-state index contributed by atoms with van der Waals surface area (Å²) in [6.45, 7) is 38.2. The molecule has 278 valence electrons.